The molecular formula is C25H31F5N4O3. The predicted molar refractivity (Wildman–Crippen MR) is 125 cm³/mol. The summed E-state index contributed by atoms with van der Waals surface area (Å²) >= 11 is 0. The third kappa shape index (κ3) is 5.80. The number of aromatic nitrogens is 2. The Hall–Kier alpha value is -2.57. The van der Waals surface area contributed by atoms with Gasteiger partial charge in [-0.25, -0.2) is 13.8 Å². The van der Waals surface area contributed by atoms with Crippen molar-refractivity contribution in [3.63, 3.8) is 0 Å². The molecule has 7 nitrogen and oxygen atoms in total. The maximum absolute atomic E-state index is 13.8. The summed E-state index contributed by atoms with van der Waals surface area (Å²) in [5, 5.41) is 25.0. The van der Waals surface area contributed by atoms with Crippen molar-refractivity contribution in [3.8, 4) is 5.75 Å². The summed E-state index contributed by atoms with van der Waals surface area (Å²) in [4.78, 5) is 9.12. The fourth-order valence-corrected chi connectivity index (χ4v) is 4.97. The minimum absolute atomic E-state index is 0.0513. The molecule has 0 bridgehead atoms. The number of pyridine rings is 2. The van der Waals surface area contributed by atoms with Crippen molar-refractivity contribution in [2.45, 2.75) is 69.5 Å². The molecule has 0 radical (unpaired) electrons. The lowest BCUT2D eigenvalue weighted by Crippen LogP contribution is -2.65. The molecule has 37 heavy (non-hydrogen) atoms. The van der Waals surface area contributed by atoms with Gasteiger partial charge >= 0.3 is 6.18 Å². The highest BCUT2D eigenvalue weighted by molar-refractivity contribution is 5.54. The quantitative estimate of drug-likeness (QED) is 0.466. The van der Waals surface area contributed by atoms with Gasteiger partial charge in [-0.3, -0.25) is 4.98 Å². The molecule has 2 aliphatic heterocycles. The number of halogens is 5. The Balaban J connectivity index is 1.46. The summed E-state index contributed by atoms with van der Waals surface area (Å²) in [7, 11) is 0. The first-order valence-corrected chi connectivity index (χ1v) is 12.1. The van der Waals surface area contributed by atoms with Gasteiger partial charge < -0.3 is 25.2 Å². The molecule has 2 aromatic rings. The molecule has 12 heteroatoms. The fourth-order valence-electron chi connectivity index (χ4n) is 4.97. The monoisotopic (exact) mass is 530 g/mol. The zero-order valence-corrected chi connectivity index (χ0v) is 20.8. The molecule has 3 N–H and O–H groups in total. The van der Waals surface area contributed by atoms with Crippen molar-refractivity contribution in [1.82, 2.24) is 15.3 Å². The van der Waals surface area contributed by atoms with Crippen LogP contribution in [-0.4, -0.2) is 57.6 Å². The molecule has 2 fully saturated rings. The van der Waals surface area contributed by atoms with E-state index in [1.54, 1.807) is 0 Å². The van der Waals surface area contributed by atoms with Gasteiger partial charge in [0, 0.05) is 23.8 Å². The highest BCUT2D eigenvalue weighted by Gasteiger charge is 2.47. The smallest absolute Gasteiger partial charge is 0.420 e. The van der Waals surface area contributed by atoms with Crippen LogP contribution in [0.5, 0.6) is 5.75 Å². The fraction of sp³-hybridized carbons (Fsp3) is 0.600. The number of nitrogens with zero attached hydrogens (tertiary/aromatic N) is 3. The number of aliphatic hydroxyl groups is 2. The number of hydrogen-bond acceptors (Lipinski definition) is 7. The lowest BCUT2D eigenvalue weighted by molar-refractivity contribution is -0.137. The van der Waals surface area contributed by atoms with Crippen LogP contribution in [-0.2, 0) is 11.8 Å². The number of ether oxygens (including phenoxy) is 1. The molecule has 4 rings (SSSR count). The van der Waals surface area contributed by atoms with Crippen LogP contribution in [0.4, 0.5) is 27.8 Å². The molecule has 0 aromatic carbocycles. The average Bonchev–Trinajstić information content (AvgIpc) is 2.79. The van der Waals surface area contributed by atoms with Crippen LogP contribution in [0.3, 0.4) is 0 Å². The summed E-state index contributed by atoms with van der Waals surface area (Å²) in [6.45, 7) is 5.50. The minimum Gasteiger partial charge on any atom is -0.490 e. The van der Waals surface area contributed by atoms with Crippen LogP contribution in [0.1, 0.15) is 56.9 Å². The first-order valence-electron chi connectivity index (χ1n) is 12.1. The Bertz CT molecular complexity index is 1090. The van der Waals surface area contributed by atoms with E-state index in [-0.39, 0.29) is 49.6 Å². The zero-order valence-electron chi connectivity index (χ0n) is 20.8. The zero-order chi connectivity index (χ0) is 27.2. The van der Waals surface area contributed by atoms with Gasteiger partial charge in [-0.05, 0) is 37.8 Å². The van der Waals surface area contributed by atoms with E-state index >= 15 is 0 Å². The number of β-amino-alcohol motifs (C(OH)–C–C–N with tert-alkyl or cyclic N) is 1. The second-order valence-electron chi connectivity index (χ2n) is 10.4. The van der Waals surface area contributed by atoms with E-state index in [9.17, 15) is 32.2 Å². The molecule has 0 unspecified atom stereocenters. The van der Waals surface area contributed by atoms with Gasteiger partial charge in [0.2, 0.25) is 0 Å². The summed E-state index contributed by atoms with van der Waals surface area (Å²) < 4.78 is 72.8. The number of piperidine rings is 1. The standard InChI is InChI=1S/C25H31F5N4O3/c1-14(2)24(36)12-34(13-24)22-19(25(28,29)30)6-18(10-32-22)37-11-17-8-23(35,7-15(3)33-17)16-4-5-20(21(26)27)31-9-16/h4-6,9-10,14-15,17,21,33,35-36H,7-8,11-13H2,1-3H3/t15-,17-,23-/m0/s1. The van der Waals surface area contributed by atoms with Crippen LogP contribution in [0.2, 0.25) is 0 Å². The Morgan fingerprint density at radius 3 is 2.41 bits per heavy atom. The highest BCUT2D eigenvalue weighted by atomic mass is 19.4. The molecule has 4 heterocycles. The van der Waals surface area contributed by atoms with Gasteiger partial charge in [-0.15, -0.1) is 0 Å². The number of hydrogen-bond donors (Lipinski definition) is 3. The molecular weight excluding hydrogens is 499 g/mol. The second kappa shape index (κ2) is 9.95. The van der Waals surface area contributed by atoms with Crippen LogP contribution < -0.4 is 15.0 Å². The summed E-state index contributed by atoms with van der Waals surface area (Å²) in [5.74, 6) is -0.450. The van der Waals surface area contributed by atoms with E-state index in [2.05, 4.69) is 15.3 Å². The van der Waals surface area contributed by atoms with Crippen LogP contribution >= 0.6 is 0 Å². The van der Waals surface area contributed by atoms with Gasteiger partial charge in [-0.1, -0.05) is 19.9 Å². The van der Waals surface area contributed by atoms with Crippen molar-refractivity contribution in [2.75, 3.05) is 24.6 Å². The number of anilines is 1. The highest BCUT2D eigenvalue weighted by Crippen LogP contribution is 2.41. The van der Waals surface area contributed by atoms with E-state index in [1.807, 2.05) is 20.8 Å². The summed E-state index contributed by atoms with van der Waals surface area (Å²) in [5.41, 5.74) is -3.39. The lowest BCUT2D eigenvalue weighted by Gasteiger charge is -2.50. The van der Waals surface area contributed by atoms with Gasteiger partial charge in [0.15, 0.2) is 0 Å². The van der Waals surface area contributed by atoms with Gasteiger partial charge in [0.05, 0.1) is 24.9 Å². The van der Waals surface area contributed by atoms with Crippen LogP contribution in [0, 0.1) is 5.92 Å². The Morgan fingerprint density at radius 2 is 1.84 bits per heavy atom. The Labute approximate surface area is 211 Å². The molecule has 204 valence electrons. The Kier molecular flexibility index (Phi) is 7.39. The van der Waals surface area contributed by atoms with E-state index in [0.29, 0.717) is 12.0 Å². The van der Waals surface area contributed by atoms with Gasteiger partial charge in [0.25, 0.3) is 6.43 Å². The topological polar surface area (TPSA) is 90.7 Å². The van der Waals surface area contributed by atoms with E-state index in [0.717, 1.165) is 6.07 Å². The van der Waals surface area contributed by atoms with Gasteiger partial charge in [0.1, 0.15) is 35.0 Å². The van der Waals surface area contributed by atoms with Crippen LogP contribution in [0.25, 0.3) is 0 Å². The van der Waals surface area contributed by atoms with Crippen molar-refractivity contribution < 1.29 is 36.9 Å². The summed E-state index contributed by atoms with van der Waals surface area (Å²) in [6.07, 6.45) is -4.52. The maximum atomic E-state index is 13.8. The molecule has 2 saturated heterocycles. The van der Waals surface area contributed by atoms with Gasteiger partial charge in [-0.2, -0.15) is 13.2 Å². The number of nitrogens with one attached hydrogen (secondary N) is 1. The van der Waals surface area contributed by atoms with Crippen LogP contribution in [0.15, 0.2) is 30.6 Å². The minimum atomic E-state index is -4.68. The molecule has 0 aliphatic carbocycles. The first kappa shape index (κ1) is 27.5. The normalized spacial score (nSPS) is 25.9. The SMILES string of the molecule is CC(C)C1(O)CN(c2ncc(OC[C@@H]3C[C@](O)(c4ccc(C(F)F)nc4)C[C@H](C)N3)cc2C(F)(F)F)C1. The third-order valence-electron chi connectivity index (χ3n) is 7.20. The predicted octanol–water partition coefficient (Wildman–Crippen LogP) is 4.05. The van der Waals surface area contributed by atoms with E-state index in [1.165, 1.54) is 29.4 Å². The average molecular weight is 531 g/mol. The number of rotatable bonds is 7. The van der Waals surface area contributed by atoms with Crippen molar-refractivity contribution in [2.24, 2.45) is 5.92 Å². The second-order valence-corrected chi connectivity index (χ2v) is 10.4. The van der Waals surface area contributed by atoms with E-state index in [4.69, 9.17) is 4.74 Å². The molecule has 3 atom stereocenters. The molecule has 2 aromatic heterocycles. The van der Waals surface area contributed by atoms with Crippen molar-refractivity contribution in [1.29, 1.82) is 0 Å². The largest absolute Gasteiger partial charge is 0.490 e. The maximum Gasteiger partial charge on any atom is 0.420 e. The number of alkyl halides is 5. The molecule has 0 spiro atoms. The lowest BCUT2D eigenvalue weighted by atomic mass is 9.79. The third-order valence-corrected chi connectivity index (χ3v) is 7.20. The molecule has 2 aliphatic rings. The van der Waals surface area contributed by atoms with E-state index < -0.39 is 41.1 Å². The molecule has 0 amide bonds. The first-order chi connectivity index (χ1) is 17.2. The van der Waals surface area contributed by atoms with Crippen molar-refractivity contribution >= 4 is 5.82 Å². The Morgan fingerprint density at radius 1 is 1.14 bits per heavy atom. The van der Waals surface area contributed by atoms with Crippen molar-refractivity contribution in [3.05, 3.63) is 47.4 Å². The summed E-state index contributed by atoms with van der Waals surface area (Å²) in [6, 6.07) is 2.86. The molecule has 0 saturated carbocycles.